The maximum absolute atomic E-state index is 9.30. The van der Waals surface area contributed by atoms with Crippen LogP contribution in [0, 0.1) is 11.3 Å². The first-order chi connectivity index (χ1) is 15.3. The maximum Gasteiger partial charge on any atom is 0.124 e. The Balaban J connectivity index is 1.63. The van der Waals surface area contributed by atoms with Crippen LogP contribution in [0.5, 0.6) is 0 Å². The molecule has 5 nitrogen and oxygen atoms in total. The van der Waals surface area contributed by atoms with Gasteiger partial charge in [-0.2, -0.15) is 5.26 Å². The first-order valence-electron chi connectivity index (χ1n) is 11.7. The van der Waals surface area contributed by atoms with Gasteiger partial charge in [-0.1, -0.05) is 44.0 Å². The average molecular weight is 416 g/mol. The minimum Gasteiger partial charge on any atom is -0.322 e. The van der Waals surface area contributed by atoms with Gasteiger partial charge in [-0.15, -0.1) is 0 Å². The average Bonchev–Trinajstić information content (AvgIpc) is 3.15. The van der Waals surface area contributed by atoms with Gasteiger partial charge in [0.15, 0.2) is 0 Å². The predicted octanol–water partition coefficient (Wildman–Crippen LogP) is 4.83. The van der Waals surface area contributed by atoms with Gasteiger partial charge in [0.1, 0.15) is 5.82 Å². The summed E-state index contributed by atoms with van der Waals surface area (Å²) in [4.78, 5) is 7.48. The van der Waals surface area contributed by atoms with E-state index < -0.39 is 0 Å². The Morgan fingerprint density at radius 1 is 1.03 bits per heavy atom. The van der Waals surface area contributed by atoms with Gasteiger partial charge < -0.3 is 9.88 Å². The first kappa shape index (κ1) is 21.5. The summed E-state index contributed by atoms with van der Waals surface area (Å²) >= 11 is 0. The van der Waals surface area contributed by atoms with Crippen molar-refractivity contribution in [3.63, 3.8) is 0 Å². The molecule has 4 rings (SSSR count). The molecule has 1 saturated heterocycles. The molecule has 0 bridgehead atoms. The van der Waals surface area contributed by atoms with Crippen molar-refractivity contribution in [2.24, 2.45) is 0 Å². The van der Waals surface area contributed by atoms with Crippen molar-refractivity contribution >= 4 is 11.0 Å². The standard InChI is InChI=1S/C26H33N5/c1-2-3-13-28-18-26-29-24-16-21(17-27)11-12-25(24)31(26)20-23-10-6-5-9-22(23)19-30-14-7-4-8-15-30/h5-6,9-12,16,28H,2-4,7-8,13-15,18-20H2,1H3. The zero-order valence-electron chi connectivity index (χ0n) is 18.6. The molecule has 0 radical (unpaired) electrons. The summed E-state index contributed by atoms with van der Waals surface area (Å²) < 4.78 is 2.32. The minimum atomic E-state index is 0.660. The van der Waals surface area contributed by atoms with Crippen molar-refractivity contribution in [2.75, 3.05) is 19.6 Å². The molecule has 1 aliphatic heterocycles. The highest BCUT2D eigenvalue weighted by Gasteiger charge is 2.16. The highest BCUT2D eigenvalue weighted by Crippen LogP contribution is 2.22. The summed E-state index contributed by atoms with van der Waals surface area (Å²) in [5.74, 6) is 1.04. The van der Waals surface area contributed by atoms with Crippen LogP contribution in [-0.2, 0) is 19.6 Å². The van der Waals surface area contributed by atoms with Crippen LogP contribution in [0.25, 0.3) is 11.0 Å². The van der Waals surface area contributed by atoms with E-state index in [9.17, 15) is 5.26 Å². The summed E-state index contributed by atoms with van der Waals surface area (Å²) in [7, 11) is 0. The number of fused-ring (bicyclic) bond motifs is 1. The monoisotopic (exact) mass is 415 g/mol. The molecule has 2 aromatic carbocycles. The molecular formula is C26H33N5. The fourth-order valence-corrected chi connectivity index (χ4v) is 4.46. The summed E-state index contributed by atoms with van der Waals surface area (Å²) in [5, 5.41) is 12.8. The Morgan fingerprint density at radius 2 is 1.81 bits per heavy atom. The molecule has 1 N–H and O–H groups in total. The number of hydrogen-bond donors (Lipinski definition) is 1. The number of unbranched alkanes of at least 4 members (excludes halogenated alkanes) is 1. The lowest BCUT2D eigenvalue weighted by Gasteiger charge is -2.27. The van der Waals surface area contributed by atoms with Crippen LogP contribution in [0.4, 0.5) is 0 Å². The lowest BCUT2D eigenvalue weighted by Crippen LogP contribution is -2.29. The SMILES string of the molecule is CCCCNCc1nc2cc(C#N)ccc2n1Cc1ccccc1CN1CCCCC1. The number of nitrogens with zero attached hydrogens (tertiary/aromatic N) is 4. The molecule has 2 heterocycles. The van der Waals surface area contributed by atoms with Gasteiger partial charge in [-0.25, -0.2) is 4.98 Å². The van der Waals surface area contributed by atoms with E-state index in [-0.39, 0.29) is 0 Å². The smallest absolute Gasteiger partial charge is 0.124 e. The van der Waals surface area contributed by atoms with E-state index in [0.717, 1.165) is 49.5 Å². The lowest BCUT2D eigenvalue weighted by molar-refractivity contribution is 0.220. The van der Waals surface area contributed by atoms with Crippen LogP contribution < -0.4 is 5.32 Å². The van der Waals surface area contributed by atoms with Crippen molar-refractivity contribution in [1.82, 2.24) is 19.8 Å². The van der Waals surface area contributed by atoms with Crippen molar-refractivity contribution in [3.8, 4) is 6.07 Å². The molecule has 3 aromatic rings. The second-order valence-corrected chi connectivity index (χ2v) is 8.57. The Bertz CT molecular complexity index is 1040. The highest BCUT2D eigenvalue weighted by molar-refractivity contribution is 5.78. The summed E-state index contributed by atoms with van der Waals surface area (Å²) in [6.07, 6.45) is 6.32. The molecule has 0 unspecified atom stereocenters. The Labute approximate surface area is 185 Å². The van der Waals surface area contributed by atoms with Crippen molar-refractivity contribution < 1.29 is 0 Å². The van der Waals surface area contributed by atoms with Gasteiger partial charge in [0.05, 0.1) is 29.2 Å². The molecule has 1 fully saturated rings. The van der Waals surface area contributed by atoms with Crippen LogP contribution in [0.2, 0.25) is 0 Å². The number of piperidine rings is 1. The van der Waals surface area contributed by atoms with Gasteiger partial charge in [0.2, 0.25) is 0 Å². The van der Waals surface area contributed by atoms with Crippen molar-refractivity contribution in [1.29, 1.82) is 5.26 Å². The molecule has 31 heavy (non-hydrogen) atoms. The molecule has 1 aromatic heterocycles. The van der Waals surface area contributed by atoms with Crippen LogP contribution >= 0.6 is 0 Å². The number of nitrogens with one attached hydrogen (secondary N) is 1. The summed E-state index contributed by atoms with van der Waals surface area (Å²) in [5.41, 5.74) is 5.42. The predicted molar refractivity (Wildman–Crippen MR) is 126 cm³/mol. The van der Waals surface area contributed by atoms with E-state index in [0.29, 0.717) is 5.56 Å². The van der Waals surface area contributed by atoms with Crippen molar-refractivity contribution in [2.45, 2.75) is 58.7 Å². The number of rotatable bonds is 9. The van der Waals surface area contributed by atoms with E-state index >= 15 is 0 Å². The minimum absolute atomic E-state index is 0.660. The molecule has 1 aliphatic rings. The van der Waals surface area contributed by atoms with Crippen LogP contribution in [-0.4, -0.2) is 34.1 Å². The van der Waals surface area contributed by atoms with Crippen LogP contribution in [0.15, 0.2) is 42.5 Å². The van der Waals surface area contributed by atoms with Crippen molar-refractivity contribution in [3.05, 3.63) is 65.0 Å². The molecule has 0 aliphatic carbocycles. The third-order valence-corrected chi connectivity index (χ3v) is 6.24. The summed E-state index contributed by atoms with van der Waals surface area (Å²) in [6, 6.07) is 16.9. The zero-order chi connectivity index (χ0) is 21.5. The molecular weight excluding hydrogens is 382 g/mol. The van der Waals surface area contributed by atoms with Gasteiger partial charge in [0.25, 0.3) is 0 Å². The number of aromatic nitrogens is 2. The molecule has 0 spiro atoms. The molecule has 162 valence electrons. The molecule has 0 amide bonds. The van der Waals surface area contributed by atoms with Gasteiger partial charge in [-0.05, 0) is 68.2 Å². The van der Waals surface area contributed by atoms with Crippen LogP contribution in [0.3, 0.4) is 0 Å². The number of nitriles is 1. The Morgan fingerprint density at radius 3 is 2.55 bits per heavy atom. The highest BCUT2D eigenvalue weighted by atomic mass is 15.1. The number of imidazole rings is 1. The third kappa shape index (κ3) is 5.33. The quantitative estimate of drug-likeness (QED) is 0.509. The summed E-state index contributed by atoms with van der Waals surface area (Å²) in [6.45, 7) is 8.17. The van der Waals surface area contributed by atoms with Gasteiger partial charge >= 0.3 is 0 Å². The normalized spacial score (nSPS) is 14.7. The second kappa shape index (κ2) is 10.6. The van der Waals surface area contributed by atoms with E-state index in [1.54, 1.807) is 0 Å². The van der Waals surface area contributed by atoms with Gasteiger partial charge in [-0.3, -0.25) is 4.90 Å². The van der Waals surface area contributed by atoms with Gasteiger partial charge in [0, 0.05) is 13.1 Å². The van der Waals surface area contributed by atoms with E-state index in [1.807, 2.05) is 18.2 Å². The fraction of sp³-hybridized carbons (Fsp3) is 0.462. The Hall–Kier alpha value is -2.68. The maximum atomic E-state index is 9.30. The van der Waals surface area contributed by atoms with E-state index in [1.165, 1.54) is 49.9 Å². The van der Waals surface area contributed by atoms with E-state index in [2.05, 4.69) is 52.0 Å². The number of benzene rings is 2. The number of hydrogen-bond acceptors (Lipinski definition) is 4. The molecule has 0 saturated carbocycles. The fourth-order valence-electron chi connectivity index (χ4n) is 4.46. The topological polar surface area (TPSA) is 56.9 Å². The Kier molecular flexibility index (Phi) is 7.35. The zero-order valence-corrected chi connectivity index (χ0v) is 18.6. The number of likely N-dealkylation sites (tertiary alicyclic amines) is 1. The van der Waals surface area contributed by atoms with Crippen LogP contribution in [0.1, 0.15) is 61.5 Å². The molecule has 0 atom stereocenters. The molecule has 5 heteroatoms. The van der Waals surface area contributed by atoms with E-state index in [4.69, 9.17) is 4.98 Å². The largest absolute Gasteiger partial charge is 0.322 e. The first-order valence-corrected chi connectivity index (χ1v) is 11.7. The lowest BCUT2D eigenvalue weighted by atomic mass is 10.0. The second-order valence-electron chi connectivity index (χ2n) is 8.57. The third-order valence-electron chi connectivity index (χ3n) is 6.24.